The molecule has 0 radical (unpaired) electrons. The maximum absolute atomic E-state index is 13.3. The number of nitrogens with zero attached hydrogens (tertiary/aromatic N) is 2. The van der Waals surface area contributed by atoms with Crippen molar-refractivity contribution in [1.29, 1.82) is 0 Å². The number of hydrogen-bond acceptors (Lipinski definition) is 3. The smallest absolute Gasteiger partial charge is 0.227 e. The molecule has 4 rings (SSSR count). The van der Waals surface area contributed by atoms with Crippen LogP contribution in [0.2, 0.25) is 0 Å². The van der Waals surface area contributed by atoms with Gasteiger partial charge in [0.15, 0.2) is 0 Å². The van der Waals surface area contributed by atoms with E-state index in [0.717, 1.165) is 61.1 Å². The number of rotatable bonds is 7. The second kappa shape index (κ2) is 11.2. The average Bonchev–Trinajstić information content (AvgIpc) is 2.85. The molecular weight excluding hydrogens is 480 g/mol. The highest BCUT2D eigenvalue weighted by atomic mass is 79.9. The number of para-hydroxylation sites is 1. The standard InChI is InChI=1S/C27H33BrN2O3/c28-24-13-6-5-10-22(24)18-25(31)30-17-9-14-27(20-30,21-33-23-11-3-1-4-12-23)19-26(32)29-15-7-2-8-16-29/h1,3-6,10-13H,2,7-9,14-21H2/t27-/m1/s1. The second-order valence-electron chi connectivity index (χ2n) is 9.41. The summed E-state index contributed by atoms with van der Waals surface area (Å²) >= 11 is 3.56. The van der Waals surface area contributed by atoms with E-state index in [1.165, 1.54) is 6.42 Å². The van der Waals surface area contributed by atoms with Crippen LogP contribution in [-0.4, -0.2) is 54.4 Å². The molecule has 2 aromatic carbocycles. The van der Waals surface area contributed by atoms with Gasteiger partial charge in [0.05, 0.1) is 13.0 Å². The summed E-state index contributed by atoms with van der Waals surface area (Å²) in [6.07, 6.45) is 5.91. The molecule has 33 heavy (non-hydrogen) atoms. The first-order chi connectivity index (χ1) is 16.0. The Kier molecular flexibility index (Phi) is 8.07. The van der Waals surface area contributed by atoms with E-state index in [9.17, 15) is 9.59 Å². The third-order valence-electron chi connectivity index (χ3n) is 6.84. The first-order valence-corrected chi connectivity index (χ1v) is 12.8. The van der Waals surface area contributed by atoms with Gasteiger partial charge in [-0.2, -0.15) is 0 Å². The summed E-state index contributed by atoms with van der Waals surface area (Å²) in [5.74, 6) is 1.11. The minimum atomic E-state index is -0.369. The van der Waals surface area contributed by atoms with Gasteiger partial charge in [-0.05, 0) is 55.9 Å². The molecule has 0 unspecified atom stereocenters. The number of likely N-dealkylation sites (tertiary alicyclic amines) is 2. The van der Waals surface area contributed by atoms with Crippen molar-refractivity contribution in [3.63, 3.8) is 0 Å². The highest BCUT2D eigenvalue weighted by molar-refractivity contribution is 9.10. The fraction of sp³-hybridized carbons (Fsp3) is 0.481. The molecule has 0 N–H and O–H groups in total. The van der Waals surface area contributed by atoms with Gasteiger partial charge in [-0.25, -0.2) is 0 Å². The predicted molar refractivity (Wildman–Crippen MR) is 133 cm³/mol. The number of amides is 2. The van der Waals surface area contributed by atoms with E-state index in [2.05, 4.69) is 15.9 Å². The maximum Gasteiger partial charge on any atom is 0.227 e. The van der Waals surface area contributed by atoms with Gasteiger partial charge >= 0.3 is 0 Å². The van der Waals surface area contributed by atoms with Gasteiger partial charge in [-0.1, -0.05) is 52.3 Å². The van der Waals surface area contributed by atoms with Crippen molar-refractivity contribution in [3.8, 4) is 5.75 Å². The van der Waals surface area contributed by atoms with Gasteiger partial charge in [0.1, 0.15) is 5.75 Å². The van der Waals surface area contributed by atoms with Crippen molar-refractivity contribution in [2.24, 2.45) is 5.41 Å². The van der Waals surface area contributed by atoms with E-state index >= 15 is 0 Å². The molecule has 2 aliphatic heterocycles. The van der Waals surface area contributed by atoms with Gasteiger partial charge in [0.2, 0.25) is 11.8 Å². The third kappa shape index (κ3) is 6.38. The summed E-state index contributed by atoms with van der Waals surface area (Å²) in [5.41, 5.74) is 0.621. The van der Waals surface area contributed by atoms with E-state index in [1.54, 1.807) is 0 Å². The molecule has 176 valence electrons. The van der Waals surface area contributed by atoms with Gasteiger partial charge in [-0.15, -0.1) is 0 Å². The molecule has 2 aromatic rings. The van der Waals surface area contributed by atoms with E-state index in [-0.39, 0.29) is 17.2 Å². The Morgan fingerprint density at radius 2 is 1.55 bits per heavy atom. The Morgan fingerprint density at radius 1 is 0.848 bits per heavy atom. The number of benzene rings is 2. The van der Waals surface area contributed by atoms with Gasteiger partial charge in [0.25, 0.3) is 0 Å². The lowest BCUT2D eigenvalue weighted by Gasteiger charge is -2.43. The van der Waals surface area contributed by atoms with Crippen molar-refractivity contribution >= 4 is 27.7 Å². The van der Waals surface area contributed by atoms with Crippen molar-refractivity contribution in [2.45, 2.75) is 44.9 Å². The van der Waals surface area contributed by atoms with Crippen LogP contribution in [0.1, 0.15) is 44.1 Å². The topological polar surface area (TPSA) is 49.9 Å². The van der Waals surface area contributed by atoms with E-state index in [0.29, 0.717) is 26.0 Å². The van der Waals surface area contributed by atoms with E-state index in [1.807, 2.05) is 64.4 Å². The fourth-order valence-corrected chi connectivity index (χ4v) is 5.40. The van der Waals surface area contributed by atoms with Gasteiger partial charge in [0, 0.05) is 42.5 Å². The van der Waals surface area contributed by atoms with Crippen molar-refractivity contribution in [2.75, 3.05) is 32.8 Å². The molecule has 1 atom stereocenters. The van der Waals surface area contributed by atoms with Gasteiger partial charge in [-0.3, -0.25) is 9.59 Å². The molecule has 0 bridgehead atoms. The molecule has 0 aliphatic carbocycles. The van der Waals surface area contributed by atoms with Crippen LogP contribution in [0.25, 0.3) is 0 Å². The summed E-state index contributed by atoms with van der Waals surface area (Å²) in [4.78, 5) is 30.4. The Morgan fingerprint density at radius 3 is 2.30 bits per heavy atom. The quantitative estimate of drug-likeness (QED) is 0.519. The Bertz CT molecular complexity index is 945. The average molecular weight is 513 g/mol. The molecule has 0 saturated carbocycles. The highest BCUT2D eigenvalue weighted by Gasteiger charge is 2.41. The van der Waals surface area contributed by atoms with Crippen LogP contribution in [-0.2, 0) is 16.0 Å². The first-order valence-electron chi connectivity index (χ1n) is 12.0. The fourth-order valence-electron chi connectivity index (χ4n) is 4.98. The van der Waals surface area contributed by atoms with Crippen LogP contribution < -0.4 is 4.74 Å². The van der Waals surface area contributed by atoms with E-state index < -0.39 is 0 Å². The zero-order valence-corrected chi connectivity index (χ0v) is 20.8. The molecule has 5 nitrogen and oxygen atoms in total. The minimum absolute atomic E-state index is 0.108. The third-order valence-corrected chi connectivity index (χ3v) is 7.61. The predicted octanol–water partition coefficient (Wildman–Crippen LogP) is 5.08. The Balaban J connectivity index is 1.49. The molecule has 2 amide bonds. The summed E-state index contributed by atoms with van der Waals surface area (Å²) in [6.45, 7) is 3.42. The van der Waals surface area contributed by atoms with Crippen LogP contribution in [0, 0.1) is 5.41 Å². The highest BCUT2D eigenvalue weighted by Crippen LogP contribution is 2.36. The van der Waals surface area contributed by atoms with Gasteiger partial charge < -0.3 is 14.5 Å². The molecule has 6 heteroatoms. The van der Waals surface area contributed by atoms with Crippen LogP contribution in [0.15, 0.2) is 59.1 Å². The Labute approximate surface area is 205 Å². The number of carbonyl (C=O) groups is 2. The number of ether oxygens (including phenoxy) is 1. The van der Waals surface area contributed by atoms with Crippen molar-refractivity contribution in [1.82, 2.24) is 9.80 Å². The lowest BCUT2D eigenvalue weighted by Crippen LogP contribution is -2.51. The largest absolute Gasteiger partial charge is 0.493 e. The van der Waals surface area contributed by atoms with Crippen LogP contribution in [0.3, 0.4) is 0 Å². The van der Waals surface area contributed by atoms with Crippen molar-refractivity contribution < 1.29 is 14.3 Å². The summed E-state index contributed by atoms with van der Waals surface area (Å²) < 4.78 is 7.14. The zero-order valence-electron chi connectivity index (χ0n) is 19.2. The number of hydrogen-bond donors (Lipinski definition) is 0. The lowest BCUT2D eigenvalue weighted by atomic mass is 9.77. The van der Waals surface area contributed by atoms with Crippen molar-refractivity contribution in [3.05, 3.63) is 64.6 Å². The number of piperidine rings is 2. The SMILES string of the molecule is O=C(C[C@]1(COc2ccccc2)CCCN(C(=O)Cc2ccccc2Br)C1)N1CCCCC1. The molecular formula is C27H33BrN2O3. The second-order valence-corrected chi connectivity index (χ2v) is 10.3. The molecule has 2 aliphatic rings. The normalized spacial score (nSPS) is 21.0. The van der Waals surface area contributed by atoms with E-state index in [4.69, 9.17) is 4.74 Å². The van der Waals surface area contributed by atoms with Crippen LogP contribution in [0.4, 0.5) is 0 Å². The molecule has 0 spiro atoms. The first kappa shape index (κ1) is 23.8. The molecule has 2 fully saturated rings. The lowest BCUT2D eigenvalue weighted by molar-refractivity contribution is -0.141. The Hall–Kier alpha value is -2.34. The zero-order chi connectivity index (χ0) is 23.1. The number of halogens is 1. The van der Waals surface area contributed by atoms with Crippen LogP contribution >= 0.6 is 15.9 Å². The van der Waals surface area contributed by atoms with Crippen LogP contribution in [0.5, 0.6) is 5.75 Å². The maximum atomic E-state index is 13.3. The molecule has 2 saturated heterocycles. The monoisotopic (exact) mass is 512 g/mol. The number of carbonyl (C=O) groups excluding carboxylic acids is 2. The summed E-state index contributed by atoms with van der Waals surface area (Å²) in [6, 6.07) is 17.6. The minimum Gasteiger partial charge on any atom is -0.493 e. The summed E-state index contributed by atoms with van der Waals surface area (Å²) in [5, 5.41) is 0. The summed E-state index contributed by atoms with van der Waals surface area (Å²) in [7, 11) is 0. The molecule has 2 heterocycles. The molecule has 0 aromatic heterocycles.